The molecule has 1 heterocycles. The van der Waals surface area contributed by atoms with Gasteiger partial charge in [0.2, 0.25) is 0 Å². The Morgan fingerprint density at radius 2 is 1.96 bits per heavy atom. The van der Waals surface area contributed by atoms with Gasteiger partial charge in [-0.1, -0.05) is 31.5 Å². The van der Waals surface area contributed by atoms with Crippen LogP contribution in [0.4, 0.5) is 5.82 Å². The van der Waals surface area contributed by atoms with Crippen LogP contribution in [-0.2, 0) is 6.54 Å². The van der Waals surface area contributed by atoms with Gasteiger partial charge in [-0.25, -0.2) is 9.98 Å². The van der Waals surface area contributed by atoms with Gasteiger partial charge in [-0.05, 0) is 31.0 Å². The monoisotopic (exact) mass is 327 g/mol. The van der Waals surface area contributed by atoms with E-state index in [-0.39, 0.29) is 0 Å². The first-order valence-corrected chi connectivity index (χ1v) is 8.73. The molecule has 0 saturated carbocycles. The highest BCUT2D eigenvalue weighted by atomic mass is 15.2. The van der Waals surface area contributed by atoms with Gasteiger partial charge in [0.1, 0.15) is 5.82 Å². The van der Waals surface area contributed by atoms with Crippen molar-refractivity contribution in [2.45, 2.75) is 33.2 Å². The number of anilines is 1. The summed E-state index contributed by atoms with van der Waals surface area (Å²) in [5.41, 5.74) is 2.20. The van der Waals surface area contributed by atoms with Crippen LogP contribution in [0.1, 0.15) is 32.3 Å². The van der Waals surface area contributed by atoms with E-state index >= 15 is 0 Å². The van der Waals surface area contributed by atoms with Gasteiger partial charge < -0.3 is 15.5 Å². The predicted octanol–water partition coefficient (Wildman–Crippen LogP) is 3.16. The fourth-order valence-electron chi connectivity index (χ4n) is 2.48. The fraction of sp³-hybridized carbons (Fsp3) is 0.474. The van der Waals surface area contributed by atoms with Crippen molar-refractivity contribution >= 4 is 22.7 Å². The molecule has 5 heteroatoms. The maximum Gasteiger partial charge on any atom is 0.191 e. The molecule has 2 N–H and O–H groups in total. The Morgan fingerprint density at radius 1 is 1.17 bits per heavy atom. The number of nitrogens with zero attached hydrogens (tertiary/aromatic N) is 3. The molecule has 1 aromatic heterocycles. The number of unbranched alkanes of at least 4 members (excludes halogenated alkanes) is 1. The maximum atomic E-state index is 4.75. The average molecular weight is 327 g/mol. The molecule has 0 aliphatic heterocycles. The zero-order chi connectivity index (χ0) is 17.4. The summed E-state index contributed by atoms with van der Waals surface area (Å²) in [4.78, 5) is 11.5. The van der Waals surface area contributed by atoms with Crippen molar-refractivity contribution in [3.05, 3.63) is 35.9 Å². The van der Waals surface area contributed by atoms with E-state index in [1.54, 1.807) is 0 Å². The third-order valence-electron chi connectivity index (χ3n) is 3.82. The van der Waals surface area contributed by atoms with E-state index < -0.39 is 0 Å². The number of benzene rings is 1. The highest BCUT2D eigenvalue weighted by Gasteiger charge is 2.07. The smallest absolute Gasteiger partial charge is 0.191 e. The molecule has 1 aromatic carbocycles. The number of fused-ring (bicyclic) bond motifs is 1. The van der Waals surface area contributed by atoms with E-state index in [1.807, 2.05) is 25.1 Å². The molecule has 0 aliphatic rings. The van der Waals surface area contributed by atoms with Crippen LogP contribution in [0.2, 0.25) is 0 Å². The van der Waals surface area contributed by atoms with Crippen LogP contribution in [0.3, 0.4) is 0 Å². The van der Waals surface area contributed by atoms with Gasteiger partial charge in [0.05, 0.1) is 12.1 Å². The topological polar surface area (TPSA) is 52.6 Å². The third kappa shape index (κ3) is 4.85. The van der Waals surface area contributed by atoms with E-state index in [9.17, 15) is 0 Å². The van der Waals surface area contributed by atoms with Crippen LogP contribution in [0.15, 0.2) is 35.3 Å². The van der Waals surface area contributed by atoms with Crippen molar-refractivity contribution in [3.63, 3.8) is 0 Å². The number of hydrogen-bond acceptors (Lipinski definition) is 3. The molecule has 0 unspecified atom stereocenters. The minimum Gasteiger partial charge on any atom is -0.363 e. The highest BCUT2D eigenvalue weighted by molar-refractivity contribution is 5.85. The lowest BCUT2D eigenvalue weighted by atomic mass is 10.1. The summed E-state index contributed by atoms with van der Waals surface area (Å²) in [6.45, 7) is 6.71. The molecule has 0 bridgehead atoms. The normalized spacial score (nSPS) is 11.6. The number of nitrogens with one attached hydrogen (secondary N) is 2. The summed E-state index contributed by atoms with van der Waals surface area (Å²) in [6.07, 6.45) is 2.32. The Hall–Kier alpha value is -2.30. The molecule has 24 heavy (non-hydrogen) atoms. The fourth-order valence-corrected chi connectivity index (χ4v) is 2.48. The Labute approximate surface area is 145 Å². The van der Waals surface area contributed by atoms with Crippen LogP contribution in [-0.4, -0.2) is 38.1 Å². The molecule has 2 rings (SSSR count). The summed E-state index contributed by atoms with van der Waals surface area (Å²) in [7, 11) is 4.03. The second kappa shape index (κ2) is 9.11. The van der Waals surface area contributed by atoms with Crippen LogP contribution >= 0.6 is 0 Å². The van der Waals surface area contributed by atoms with Crippen molar-refractivity contribution in [2.24, 2.45) is 4.99 Å². The molecule has 0 saturated heterocycles. The van der Waals surface area contributed by atoms with Crippen molar-refractivity contribution in [3.8, 4) is 0 Å². The van der Waals surface area contributed by atoms with E-state index in [4.69, 9.17) is 9.98 Å². The van der Waals surface area contributed by atoms with Crippen LogP contribution in [0.5, 0.6) is 0 Å². The van der Waals surface area contributed by atoms with Crippen LogP contribution in [0, 0.1) is 0 Å². The summed E-state index contributed by atoms with van der Waals surface area (Å²) < 4.78 is 0. The van der Waals surface area contributed by atoms with Crippen molar-refractivity contribution in [1.29, 1.82) is 0 Å². The quantitative estimate of drug-likeness (QED) is 0.466. The van der Waals surface area contributed by atoms with E-state index in [0.29, 0.717) is 6.54 Å². The lowest BCUT2D eigenvalue weighted by Gasteiger charge is -2.15. The van der Waals surface area contributed by atoms with Gasteiger partial charge in [-0.2, -0.15) is 0 Å². The maximum absolute atomic E-state index is 4.75. The Kier molecular flexibility index (Phi) is 6.85. The number of hydrogen-bond donors (Lipinski definition) is 2. The predicted molar refractivity (Wildman–Crippen MR) is 104 cm³/mol. The molecular weight excluding hydrogens is 298 g/mol. The minimum absolute atomic E-state index is 0.630. The average Bonchev–Trinajstić information content (AvgIpc) is 2.59. The first kappa shape index (κ1) is 18.0. The molecule has 0 spiro atoms. The number of guanidine groups is 1. The van der Waals surface area contributed by atoms with E-state index in [0.717, 1.165) is 42.2 Å². The summed E-state index contributed by atoms with van der Waals surface area (Å²) in [6, 6.07) is 10.4. The van der Waals surface area contributed by atoms with Gasteiger partial charge in [-0.3, -0.25) is 0 Å². The summed E-state index contributed by atoms with van der Waals surface area (Å²) in [5.74, 6) is 1.83. The largest absolute Gasteiger partial charge is 0.363 e. The standard InChI is InChI=1S/C19H29N5/c1-5-7-12-21-19(20-6-2)22-14-15-13-18(24(3)4)23-17-11-9-8-10-16(15)17/h8-11,13H,5-7,12,14H2,1-4H3,(H2,20,21,22). The Morgan fingerprint density at radius 3 is 2.67 bits per heavy atom. The number of aromatic nitrogens is 1. The van der Waals surface area contributed by atoms with E-state index in [2.05, 4.69) is 48.7 Å². The second-order valence-corrected chi connectivity index (χ2v) is 6.03. The lowest BCUT2D eigenvalue weighted by Crippen LogP contribution is -2.37. The van der Waals surface area contributed by atoms with Gasteiger partial charge >= 0.3 is 0 Å². The second-order valence-electron chi connectivity index (χ2n) is 6.03. The zero-order valence-corrected chi connectivity index (χ0v) is 15.3. The molecule has 5 nitrogen and oxygen atoms in total. The van der Waals surface area contributed by atoms with Gasteiger partial charge in [0, 0.05) is 32.6 Å². The molecule has 0 fully saturated rings. The van der Waals surface area contributed by atoms with Crippen molar-refractivity contribution < 1.29 is 0 Å². The molecular formula is C19H29N5. The zero-order valence-electron chi connectivity index (χ0n) is 15.3. The molecule has 0 radical (unpaired) electrons. The summed E-state index contributed by atoms with van der Waals surface area (Å²) >= 11 is 0. The first-order valence-electron chi connectivity index (χ1n) is 8.73. The number of pyridine rings is 1. The number of para-hydroxylation sites is 1. The molecule has 0 amide bonds. The van der Waals surface area contributed by atoms with Crippen LogP contribution < -0.4 is 15.5 Å². The van der Waals surface area contributed by atoms with Gasteiger partial charge in [-0.15, -0.1) is 0 Å². The molecule has 130 valence electrons. The molecule has 0 atom stereocenters. The van der Waals surface area contributed by atoms with Gasteiger partial charge in [0.15, 0.2) is 5.96 Å². The van der Waals surface area contributed by atoms with Crippen LogP contribution in [0.25, 0.3) is 10.9 Å². The number of aliphatic imine (C=N–C) groups is 1. The highest BCUT2D eigenvalue weighted by Crippen LogP contribution is 2.22. The molecule has 0 aliphatic carbocycles. The van der Waals surface area contributed by atoms with E-state index in [1.165, 1.54) is 12.0 Å². The SMILES string of the molecule is CCCCNC(=NCc1cc(N(C)C)nc2ccccc12)NCC. The summed E-state index contributed by atoms with van der Waals surface area (Å²) in [5, 5.41) is 7.86. The van der Waals surface area contributed by atoms with Gasteiger partial charge in [0.25, 0.3) is 0 Å². The molecule has 2 aromatic rings. The Balaban J connectivity index is 2.27. The first-order chi connectivity index (χ1) is 11.7. The third-order valence-corrected chi connectivity index (χ3v) is 3.82. The Bertz CT molecular complexity index is 679. The lowest BCUT2D eigenvalue weighted by molar-refractivity contribution is 0.730. The number of rotatable bonds is 7. The minimum atomic E-state index is 0.630. The van der Waals surface area contributed by atoms with Crippen molar-refractivity contribution in [1.82, 2.24) is 15.6 Å². The van der Waals surface area contributed by atoms with Crippen molar-refractivity contribution in [2.75, 3.05) is 32.1 Å².